The van der Waals surface area contributed by atoms with Crippen LogP contribution in [0, 0.1) is 0 Å². The molecule has 1 N–H and O–H groups in total. The zero-order valence-corrected chi connectivity index (χ0v) is 10.3. The lowest BCUT2D eigenvalue weighted by atomic mass is 10.1. The fraction of sp³-hybridized carbons (Fsp3) is 0.667. The predicted molar refractivity (Wildman–Crippen MR) is 65.3 cm³/mol. The Morgan fingerprint density at radius 3 is 3.18 bits per heavy atom. The Labute approximate surface area is 102 Å². The number of ether oxygens (including phenoxy) is 2. The van der Waals surface area contributed by atoms with Crippen LogP contribution in [0.3, 0.4) is 0 Å². The summed E-state index contributed by atoms with van der Waals surface area (Å²) in [7, 11) is 0. The molecule has 1 aliphatic rings. The first-order valence-corrected chi connectivity index (χ1v) is 6.12. The van der Waals surface area contributed by atoms with Gasteiger partial charge >= 0.3 is 0 Å². The molecule has 0 unspecified atom stereocenters. The molecule has 0 aromatic carbocycles. The average molecular weight is 237 g/mol. The molecule has 1 aromatic rings. The van der Waals surface area contributed by atoms with E-state index >= 15 is 0 Å². The lowest BCUT2D eigenvalue weighted by molar-refractivity contribution is 0.0995. The molecular weight excluding hydrogens is 218 g/mol. The number of nitrogens with one attached hydrogen (secondary N) is 1. The molecule has 1 aromatic heterocycles. The van der Waals surface area contributed by atoms with Crippen LogP contribution in [0.5, 0.6) is 5.88 Å². The van der Waals surface area contributed by atoms with Gasteiger partial charge < -0.3 is 14.8 Å². The van der Waals surface area contributed by atoms with E-state index in [9.17, 15) is 0 Å². The number of anilines is 1. The molecule has 94 valence electrons. The van der Waals surface area contributed by atoms with Crippen molar-refractivity contribution in [1.29, 1.82) is 0 Å². The van der Waals surface area contributed by atoms with Crippen LogP contribution < -0.4 is 10.1 Å². The summed E-state index contributed by atoms with van der Waals surface area (Å²) in [5.74, 6) is 1.29. The molecule has 0 amide bonds. The lowest BCUT2D eigenvalue weighted by Gasteiger charge is -2.20. The van der Waals surface area contributed by atoms with Crippen LogP contribution in [0.15, 0.2) is 12.4 Å². The molecule has 0 radical (unpaired) electrons. The quantitative estimate of drug-likeness (QED) is 0.847. The van der Waals surface area contributed by atoms with E-state index in [0.717, 1.165) is 25.3 Å². The Bertz CT molecular complexity index is 353. The average Bonchev–Trinajstić information content (AvgIpc) is 2.83. The summed E-state index contributed by atoms with van der Waals surface area (Å²) in [6.45, 7) is 5.49. The van der Waals surface area contributed by atoms with Crippen molar-refractivity contribution in [2.75, 3.05) is 18.5 Å². The van der Waals surface area contributed by atoms with Crippen molar-refractivity contribution >= 4 is 5.82 Å². The molecule has 0 spiro atoms. The van der Waals surface area contributed by atoms with Gasteiger partial charge in [0.1, 0.15) is 5.82 Å². The summed E-state index contributed by atoms with van der Waals surface area (Å²) < 4.78 is 10.9. The Morgan fingerprint density at radius 2 is 2.47 bits per heavy atom. The fourth-order valence-electron chi connectivity index (χ4n) is 1.96. The van der Waals surface area contributed by atoms with Crippen molar-refractivity contribution in [2.45, 2.75) is 38.8 Å². The smallest absolute Gasteiger partial charge is 0.234 e. The minimum absolute atomic E-state index is 0.240. The van der Waals surface area contributed by atoms with Crippen molar-refractivity contribution in [2.24, 2.45) is 0 Å². The third kappa shape index (κ3) is 3.30. The molecule has 2 heterocycles. The van der Waals surface area contributed by atoms with Gasteiger partial charge in [0.15, 0.2) is 0 Å². The number of aromatic nitrogens is 2. The molecule has 5 heteroatoms. The fourth-order valence-corrected chi connectivity index (χ4v) is 1.96. The molecular formula is C12H19N3O2. The van der Waals surface area contributed by atoms with Gasteiger partial charge in [-0.05, 0) is 26.7 Å². The van der Waals surface area contributed by atoms with Crippen molar-refractivity contribution < 1.29 is 9.47 Å². The van der Waals surface area contributed by atoms with Gasteiger partial charge in [-0.25, -0.2) is 0 Å². The lowest BCUT2D eigenvalue weighted by Crippen LogP contribution is -2.30. The van der Waals surface area contributed by atoms with Crippen molar-refractivity contribution in [3.8, 4) is 5.88 Å². The molecule has 1 aliphatic heterocycles. The normalized spacial score (nSPS) is 21.2. The van der Waals surface area contributed by atoms with Crippen LogP contribution >= 0.6 is 0 Å². The molecule has 0 aliphatic carbocycles. The van der Waals surface area contributed by atoms with E-state index in [2.05, 4.69) is 22.2 Å². The molecule has 2 atom stereocenters. The van der Waals surface area contributed by atoms with E-state index < -0.39 is 0 Å². The number of hydrogen-bond acceptors (Lipinski definition) is 5. The van der Waals surface area contributed by atoms with Crippen LogP contribution in [-0.4, -0.2) is 35.3 Å². The largest absolute Gasteiger partial charge is 0.477 e. The third-order valence-electron chi connectivity index (χ3n) is 2.80. The van der Waals surface area contributed by atoms with E-state index in [1.54, 1.807) is 12.4 Å². The maximum atomic E-state index is 5.62. The standard InChI is InChI=1S/C12H19N3O2/c1-3-16-12-8-13-7-11(15-12)14-9(2)10-5-4-6-17-10/h7-10H,3-6H2,1-2H3,(H,14,15)/t9-,10-/m0/s1. The Morgan fingerprint density at radius 1 is 1.59 bits per heavy atom. The number of nitrogens with zero attached hydrogens (tertiary/aromatic N) is 2. The molecule has 5 nitrogen and oxygen atoms in total. The highest BCUT2D eigenvalue weighted by Crippen LogP contribution is 2.18. The monoisotopic (exact) mass is 237 g/mol. The summed E-state index contributed by atoms with van der Waals surface area (Å²) in [6, 6.07) is 0.240. The zero-order valence-electron chi connectivity index (χ0n) is 10.3. The Kier molecular flexibility index (Phi) is 4.14. The van der Waals surface area contributed by atoms with Crippen molar-refractivity contribution in [3.05, 3.63) is 12.4 Å². The van der Waals surface area contributed by atoms with E-state index in [1.165, 1.54) is 0 Å². The first-order valence-electron chi connectivity index (χ1n) is 6.12. The maximum Gasteiger partial charge on any atom is 0.234 e. The number of hydrogen-bond donors (Lipinski definition) is 1. The van der Waals surface area contributed by atoms with Gasteiger partial charge in [-0.2, -0.15) is 4.98 Å². The molecule has 2 rings (SSSR count). The SMILES string of the molecule is CCOc1cncc(N[C@@H](C)[C@@H]2CCCO2)n1. The summed E-state index contributed by atoms with van der Waals surface area (Å²) in [5.41, 5.74) is 0. The summed E-state index contributed by atoms with van der Waals surface area (Å²) in [6.07, 6.45) is 5.83. The van der Waals surface area contributed by atoms with E-state index in [0.29, 0.717) is 12.5 Å². The minimum atomic E-state index is 0.240. The van der Waals surface area contributed by atoms with Crippen LogP contribution in [0.25, 0.3) is 0 Å². The Hall–Kier alpha value is -1.36. The van der Waals surface area contributed by atoms with Gasteiger partial charge in [0.25, 0.3) is 0 Å². The zero-order chi connectivity index (χ0) is 12.1. The molecule has 17 heavy (non-hydrogen) atoms. The van der Waals surface area contributed by atoms with E-state index in [-0.39, 0.29) is 12.1 Å². The molecule has 0 bridgehead atoms. The molecule has 1 saturated heterocycles. The molecule has 0 saturated carbocycles. The van der Waals surface area contributed by atoms with Gasteiger partial charge in [-0.1, -0.05) is 0 Å². The summed E-state index contributed by atoms with van der Waals surface area (Å²) >= 11 is 0. The third-order valence-corrected chi connectivity index (χ3v) is 2.80. The minimum Gasteiger partial charge on any atom is -0.477 e. The van der Waals surface area contributed by atoms with Crippen molar-refractivity contribution in [3.63, 3.8) is 0 Å². The van der Waals surface area contributed by atoms with Gasteiger partial charge in [0.2, 0.25) is 5.88 Å². The molecule has 1 fully saturated rings. The second-order valence-corrected chi connectivity index (χ2v) is 4.16. The Balaban J connectivity index is 1.94. The van der Waals surface area contributed by atoms with Crippen LogP contribution in [-0.2, 0) is 4.74 Å². The first-order chi connectivity index (χ1) is 8.29. The first kappa shape index (κ1) is 12.1. The second kappa shape index (κ2) is 5.82. The summed E-state index contributed by atoms with van der Waals surface area (Å²) in [4.78, 5) is 8.41. The highest BCUT2D eigenvalue weighted by Gasteiger charge is 2.22. The van der Waals surface area contributed by atoms with E-state index in [1.807, 2.05) is 6.92 Å². The van der Waals surface area contributed by atoms with Gasteiger partial charge in [-0.15, -0.1) is 0 Å². The topological polar surface area (TPSA) is 56.3 Å². The second-order valence-electron chi connectivity index (χ2n) is 4.16. The van der Waals surface area contributed by atoms with E-state index in [4.69, 9.17) is 9.47 Å². The van der Waals surface area contributed by atoms with Gasteiger partial charge in [0, 0.05) is 6.61 Å². The number of rotatable bonds is 5. The maximum absolute atomic E-state index is 5.62. The highest BCUT2D eigenvalue weighted by molar-refractivity contribution is 5.34. The predicted octanol–water partition coefficient (Wildman–Crippen LogP) is 1.85. The van der Waals surface area contributed by atoms with Crippen molar-refractivity contribution in [1.82, 2.24) is 9.97 Å². The summed E-state index contributed by atoms with van der Waals surface area (Å²) in [5, 5.41) is 3.30. The van der Waals surface area contributed by atoms with Gasteiger partial charge in [0.05, 0.1) is 31.1 Å². The van der Waals surface area contributed by atoms with Crippen LogP contribution in [0.4, 0.5) is 5.82 Å². The highest BCUT2D eigenvalue weighted by atomic mass is 16.5. The van der Waals surface area contributed by atoms with Gasteiger partial charge in [-0.3, -0.25) is 4.98 Å². The van der Waals surface area contributed by atoms with Crippen LogP contribution in [0.1, 0.15) is 26.7 Å². The van der Waals surface area contributed by atoms with Crippen LogP contribution in [0.2, 0.25) is 0 Å².